The third-order valence-electron chi connectivity index (χ3n) is 3.60. The first-order chi connectivity index (χ1) is 8.81. The van der Waals surface area contributed by atoms with E-state index in [0.29, 0.717) is 6.04 Å². The van der Waals surface area contributed by atoms with E-state index in [4.69, 9.17) is 4.74 Å². The molecular formula is C15H24N2O. The van der Waals surface area contributed by atoms with Crippen molar-refractivity contribution in [3.63, 3.8) is 0 Å². The minimum absolute atomic E-state index is 0.378. The largest absolute Gasteiger partial charge is 0.383 e. The van der Waals surface area contributed by atoms with Gasteiger partial charge < -0.3 is 15.0 Å². The van der Waals surface area contributed by atoms with Gasteiger partial charge in [0, 0.05) is 38.5 Å². The third kappa shape index (κ3) is 3.47. The van der Waals surface area contributed by atoms with Gasteiger partial charge in [0.25, 0.3) is 0 Å². The normalized spacial score (nSPS) is 17.1. The van der Waals surface area contributed by atoms with Crippen molar-refractivity contribution in [1.29, 1.82) is 0 Å². The number of ether oxygens (including phenoxy) is 1. The Bertz CT molecular complexity index is 361. The molecule has 1 aromatic carbocycles. The molecule has 18 heavy (non-hydrogen) atoms. The Balaban J connectivity index is 1.97. The van der Waals surface area contributed by atoms with Crippen LogP contribution in [0.4, 0.5) is 5.69 Å². The van der Waals surface area contributed by atoms with E-state index in [1.54, 1.807) is 7.11 Å². The maximum Gasteiger partial charge on any atom is 0.0587 e. The van der Waals surface area contributed by atoms with E-state index >= 15 is 0 Å². The topological polar surface area (TPSA) is 24.5 Å². The lowest BCUT2D eigenvalue weighted by molar-refractivity contribution is 0.196. The van der Waals surface area contributed by atoms with Gasteiger partial charge in [-0.25, -0.2) is 0 Å². The Morgan fingerprint density at radius 2 is 2.11 bits per heavy atom. The van der Waals surface area contributed by atoms with Crippen molar-refractivity contribution in [3.8, 4) is 0 Å². The lowest BCUT2D eigenvalue weighted by atomic mass is 10.1. The van der Waals surface area contributed by atoms with E-state index in [2.05, 4.69) is 41.4 Å². The van der Waals surface area contributed by atoms with Crippen LogP contribution in [0.2, 0.25) is 0 Å². The van der Waals surface area contributed by atoms with E-state index in [1.807, 2.05) is 0 Å². The molecule has 1 saturated heterocycles. The average Bonchev–Trinajstić information content (AvgIpc) is 2.93. The summed E-state index contributed by atoms with van der Waals surface area (Å²) in [7, 11) is 1.74. The van der Waals surface area contributed by atoms with Gasteiger partial charge in [-0.05, 0) is 37.5 Å². The monoisotopic (exact) mass is 248 g/mol. The number of anilines is 1. The molecule has 0 amide bonds. The van der Waals surface area contributed by atoms with Gasteiger partial charge in [0.15, 0.2) is 0 Å². The molecule has 1 heterocycles. The summed E-state index contributed by atoms with van der Waals surface area (Å²) >= 11 is 0. The average molecular weight is 248 g/mol. The van der Waals surface area contributed by atoms with Crippen LogP contribution in [0.25, 0.3) is 0 Å². The molecule has 0 saturated carbocycles. The summed E-state index contributed by atoms with van der Waals surface area (Å²) in [6.07, 6.45) is 2.65. The Hall–Kier alpha value is -1.06. The third-order valence-corrected chi connectivity index (χ3v) is 3.60. The van der Waals surface area contributed by atoms with Gasteiger partial charge in [0.2, 0.25) is 0 Å². The summed E-state index contributed by atoms with van der Waals surface area (Å²) in [5.41, 5.74) is 2.72. The summed E-state index contributed by atoms with van der Waals surface area (Å²) in [5.74, 6) is 0. The first-order valence-electron chi connectivity index (χ1n) is 6.88. The molecule has 1 unspecified atom stereocenters. The van der Waals surface area contributed by atoms with Crippen LogP contribution in [-0.4, -0.2) is 33.4 Å². The summed E-state index contributed by atoms with van der Waals surface area (Å²) in [6.45, 7) is 6.27. The number of rotatable bonds is 6. The van der Waals surface area contributed by atoms with Crippen molar-refractivity contribution in [1.82, 2.24) is 5.32 Å². The van der Waals surface area contributed by atoms with Crippen molar-refractivity contribution in [2.24, 2.45) is 0 Å². The zero-order valence-electron chi connectivity index (χ0n) is 11.5. The molecule has 0 bridgehead atoms. The summed E-state index contributed by atoms with van der Waals surface area (Å²) in [5, 5.41) is 3.47. The van der Waals surface area contributed by atoms with Gasteiger partial charge in [-0.3, -0.25) is 0 Å². The molecule has 0 aliphatic carbocycles. The second-order valence-corrected chi connectivity index (χ2v) is 4.96. The number of methoxy groups -OCH3 is 1. The first kappa shape index (κ1) is 13.4. The van der Waals surface area contributed by atoms with Gasteiger partial charge in [-0.2, -0.15) is 0 Å². The highest BCUT2D eigenvalue weighted by atomic mass is 16.5. The minimum Gasteiger partial charge on any atom is -0.383 e. The number of hydrogen-bond acceptors (Lipinski definition) is 3. The lowest BCUT2D eigenvalue weighted by Gasteiger charge is -2.20. The Morgan fingerprint density at radius 3 is 2.83 bits per heavy atom. The van der Waals surface area contributed by atoms with Crippen LogP contribution in [0, 0.1) is 0 Å². The van der Waals surface area contributed by atoms with E-state index in [-0.39, 0.29) is 0 Å². The molecule has 1 aromatic rings. The molecule has 3 heteroatoms. The highest BCUT2D eigenvalue weighted by Gasteiger charge is 2.13. The predicted octanol–water partition coefficient (Wildman–Crippen LogP) is 2.58. The van der Waals surface area contributed by atoms with Crippen molar-refractivity contribution >= 4 is 5.69 Å². The second-order valence-electron chi connectivity index (χ2n) is 4.96. The Labute approximate surface area is 110 Å². The van der Waals surface area contributed by atoms with Crippen LogP contribution in [0.1, 0.15) is 31.4 Å². The van der Waals surface area contributed by atoms with E-state index in [9.17, 15) is 0 Å². The molecule has 1 aliphatic rings. The molecular weight excluding hydrogens is 224 g/mol. The SMILES string of the molecule is COCCNC(C)c1cccc(N2CCCC2)c1. The molecule has 1 fully saturated rings. The van der Waals surface area contributed by atoms with Crippen LogP contribution < -0.4 is 10.2 Å². The molecule has 100 valence electrons. The predicted molar refractivity (Wildman–Crippen MR) is 76.2 cm³/mol. The van der Waals surface area contributed by atoms with Crippen LogP contribution >= 0.6 is 0 Å². The molecule has 2 rings (SSSR count). The maximum atomic E-state index is 5.06. The molecule has 0 radical (unpaired) electrons. The van der Waals surface area contributed by atoms with Crippen LogP contribution in [0.15, 0.2) is 24.3 Å². The van der Waals surface area contributed by atoms with Crippen LogP contribution in [0.3, 0.4) is 0 Å². The van der Waals surface area contributed by atoms with Gasteiger partial charge in [-0.1, -0.05) is 12.1 Å². The van der Waals surface area contributed by atoms with Gasteiger partial charge in [0.1, 0.15) is 0 Å². The lowest BCUT2D eigenvalue weighted by Crippen LogP contribution is -2.23. The van der Waals surface area contributed by atoms with Gasteiger partial charge >= 0.3 is 0 Å². The Morgan fingerprint density at radius 1 is 1.33 bits per heavy atom. The zero-order chi connectivity index (χ0) is 12.8. The molecule has 3 nitrogen and oxygen atoms in total. The number of nitrogens with one attached hydrogen (secondary N) is 1. The summed E-state index contributed by atoms with van der Waals surface area (Å²) in [4.78, 5) is 2.48. The highest BCUT2D eigenvalue weighted by molar-refractivity contribution is 5.49. The van der Waals surface area contributed by atoms with Gasteiger partial charge in [-0.15, -0.1) is 0 Å². The fourth-order valence-electron chi connectivity index (χ4n) is 2.46. The number of hydrogen-bond donors (Lipinski definition) is 1. The molecule has 1 N–H and O–H groups in total. The summed E-state index contributed by atoms with van der Waals surface area (Å²) < 4.78 is 5.06. The van der Waals surface area contributed by atoms with Crippen molar-refractivity contribution in [2.45, 2.75) is 25.8 Å². The minimum atomic E-state index is 0.378. The molecule has 0 spiro atoms. The zero-order valence-corrected chi connectivity index (χ0v) is 11.5. The summed E-state index contributed by atoms with van der Waals surface area (Å²) in [6, 6.07) is 9.27. The van der Waals surface area contributed by atoms with Crippen molar-refractivity contribution < 1.29 is 4.74 Å². The number of benzene rings is 1. The first-order valence-corrected chi connectivity index (χ1v) is 6.88. The fraction of sp³-hybridized carbons (Fsp3) is 0.600. The maximum absolute atomic E-state index is 5.06. The van der Waals surface area contributed by atoms with E-state index < -0.39 is 0 Å². The van der Waals surface area contributed by atoms with Crippen LogP contribution in [-0.2, 0) is 4.74 Å². The molecule has 0 aromatic heterocycles. The Kier molecular flexibility index (Phi) is 5.02. The standard InChI is InChI=1S/C15H24N2O/c1-13(16-8-11-18-2)14-6-5-7-15(12-14)17-9-3-4-10-17/h5-7,12-13,16H,3-4,8-11H2,1-2H3. The van der Waals surface area contributed by atoms with Crippen LogP contribution in [0.5, 0.6) is 0 Å². The van der Waals surface area contributed by atoms with E-state index in [0.717, 1.165) is 13.2 Å². The van der Waals surface area contributed by atoms with Crippen molar-refractivity contribution in [3.05, 3.63) is 29.8 Å². The highest BCUT2D eigenvalue weighted by Crippen LogP contribution is 2.23. The quantitative estimate of drug-likeness (QED) is 0.783. The van der Waals surface area contributed by atoms with Gasteiger partial charge in [0.05, 0.1) is 6.61 Å². The number of nitrogens with zero attached hydrogens (tertiary/aromatic N) is 1. The fourth-order valence-corrected chi connectivity index (χ4v) is 2.46. The molecule has 1 aliphatic heterocycles. The molecule has 1 atom stereocenters. The smallest absolute Gasteiger partial charge is 0.0587 e. The van der Waals surface area contributed by atoms with E-state index in [1.165, 1.54) is 37.2 Å². The van der Waals surface area contributed by atoms with Crippen molar-refractivity contribution in [2.75, 3.05) is 38.3 Å². The second kappa shape index (κ2) is 6.76.